The zero-order valence-electron chi connectivity index (χ0n) is 16.7. The molecule has 0 bridgehead atoms. The summed E-state index contributed by atoms with van der Waals surface area (Å²) in [4.78, 5) is 39.8. The first-order chi connectivity index (χ1) is 15.1. The molecule has 9 heteroatoms. The highest BCUT2D eigenvalue weighted by molar-refractivity contribution is 6.56. The van der Waals surface area contributed by atoms with E-state index in [2.05, 4.69) is 5.32 Å². The van der Waals surface area contributed by atoms with Gasteiger partial charge in [-0.25, -0.2) is 4.90 Å². The molecule has 0 saturated carbocycles. The van der Waals surface area contributed by atoms with E-state index in [1.54, 1.807) is 12.1 Å². The van der Waals surface area contributed by atoms with Crippen molar-refractivity contribution in [3.05, 3.63) is 90.4 Å². The van der Waals surface area contributed by atoms with Gasteiger partial charge in [-0.15, -0.1) is 0 Å². The number of carbonyl (C=O) groups is 3. The second kappa shape index (κ2) is 8.41. The summed E-state index contributed by atoms with van der Waals surface area (Å²) < 4.78 is 0. The van der Waals surface area contributed by atoms with Crippen molar-refractivity contribution >= 4 is 75.5 Å². The third-order valence-corrected chi connectivity index (χ3v) is 6.75. The molecular formula is C23H14Cl4N2O3. The van der Waals surface area contributed by atoms with Gasteiger partial charge in [0.25, 0.3) is 17.7 Å². The van der Waals surface area contributed by atoms with Crippen molar-refractivity contribution in [2.24, 2.45) is 0 Å². The third kappa shape index (κ3) is 3.76. The number of rotatable bonds is 3. The zero-order chi connectivity index (χ0) is 23.3. The number of carbonyl (C=O) groups excluding carboxylic acids is 3. The van der Waals surface area contributed by atoms with Crippen LogP contribution in [0.5, 0.6) is 0 Å². The van der Waals surface area contributed by atoms with Crippen LogP contribution < -0.4 is 10.2 Å². The van der Waals surface area contributed by atoms with Crippen LogP contribution in [0.2, 0.25) is 20.1 Å². The molecule has 0 fully saturated rings. The fraction of sp³-hybridized carbons (Fsp3) is 0.0870. The maximum Gasteiger partial charge on any atom is 0.267 e. The molecule has 5 nitrogen and oxygen atoms in total. The Kier molecular flexibility index (Phi) is 5.94. The highest BCUT2D eigenvalue weighted by Crippen LogP contribution is 2.45. The van der Waals surface area contributed by atoms with Crippen molar-refractivity contribution in [3.8, 4) is 0 Å². The van der Waals surface area contributed by atoms with E-state index in [0.717, 1.165) is 16.0 Å². The number of nitrogens with one attached hydrogen (secondary N) is 1. The molecule has 0 aliphatic carbocycles. The van der Waals surface area contributed by atoms with Gasteiger partial charge >= 0.3 is 0 Å². The Balaban J connectivity index is 1.70. The van der Waals surface area contributed by atoms with Gasteiger partial charge in [0.15, 0.2) is 0 Å². The molecule has 0 unspecified atom stereocenters. The van der Waals surface area contributed by atoms with E-state index in [4.69, 9.17) is 46.4 Å². The van der Waals surface area contributed by atoms with Crippen LogP contribution in [-0.4, -0.2) is 17.7 Å². The number of hydrogen-bond donors (Lipinski definition) is 1. The van der Waals surface area contributed by atoms with Crippen LogP contribution in [0.3, 0.4) is 0 Å². The predicted molar refractivity (Wildman–Crippen MR) is 128 cm³/mol. The fourth-order valence-corrected chi connectivity index (χ4v) is 4.63. The SMILES string of the molecule is Cc1cc(C)cc(NC(=O)c2cccc(N3C(=O)c4c(Cl)c(Cl)c(Cl)c(Cl)c4C3=O)c2)c1. The number of nitrogens with zero attached hydrogens (tertiary/aromatic N) is 1. The third-order valence-electron chi connectivity index (χ3n) is 4.95. The maximum atomic E-state index is 13.1. The molecule has 3 aromatic rings. The standard InChI is InChI=1S/C23H14Cl4N2O3/c1-10-6-11(2)8-13(7-10)28-21(30)12-4-3-5-14(9-12)29-22(31)15-16(23(29)32)18(25)20(27)19(26)17(15)24/h3-9H,1-2H3,(H,28,30). The summed E-state index contributed by atoms with van der Waals surface area (Å²) in [5.41, 5.74) is 2.84. The molecule has 1 aliphatic rings. The smallest absolute Gasteiger partial charge is 0.267 e. The quantitative estimate of drug-likeness (QED) is 0.236. The van der Waals surface area contributed by atoms with Crippen molar-refractivity contribution in [2.45, 2.75) is 13.8 Å². The van der Waals surface area contributed by atoms with E-state index >= 15 is 0 Å². The molecule has 0 saturated heterocycles. The van der Waals surface area contributed by atoms with Gasteiger partial charge in [-0.1, -0.05) is 58.5 Å². The fourth-order valence-electron chi connectivity index (χ4n) is 3.62. The lowest BCUT2D eigenvalue weighted by Crippen LogP contribution is -2.29. The summed E-state index contributed by atoms with van der Waals surface area (Å²) >= 11 is 24.5. The first kappa shape index (κ1) is 22.6. The molecule has 162 valence electrons. The topological polar surface area (TPSA) is 66.5 Å². The molecule has 32 heavy (non-hydrogen) atoms. The minimum atomic E-state index is -0.706. The maximum absolute atomic E-state index is 13.1. The predicted octanol–water partition coefficient (Wildman–Crippen LogP) is 6.97. The van der Waals surface area contributed by atoms with Gasteiger partial charge in [0, 0.05) is 11.3 Å². The first-order valence-electron chi connectivity index (χ1n) is 9.34. The van der Waals surface area contributed by atoms with Crippen molar-refractivity contribution in [1.29, 1.82) is 0 Å². The molecule has 1 N–H and O–H groups in total. The average molecular weight is 508 g/mol. The van der Waals surface area contributed by atoms with Gasteiger partial charge in [-0.3, -0.25) is 14.4 Å². The van der Waals surface area contributed by atoms with Gasteiger partial charge in [0.2, 0.25) is 0 Å². The first-order valence-corrected chi connectivity index (χ1v) is 10.9. The summed E-state index contributed by atoms with van der Waals surface area (Å²) in [7, 11) is 0. The van der Waals surface area contributed by atoms with Crippen molar-refractivity contribution in [3.63, 3.8) is 0 Å². The lowest BCUT2D eigenvalue weighted by atomic mass is 10.1. The molecule has 0 radical (unpaired) electrons. The lowest BCUT2D eigenvalue weighted by Gasteiger charge is -2.15. The van der Waals surface area contributed by atoms with E-state index in [-0.39, 0.29) is 42.5 Å². The summed E-state index contributed by atoms with van der Waals surface area (Å²) in [6.07, 6.45) is 0. The van der Waals surface area contributed by atoms with E-state index in [9.17, 15) is 14.4 Å². The van der Waals surface area contributed by atoms with Gasteiger partial charge < -0.3 is 5.32 Å². The Morgan fingerprint density at radius 3 is 1.84 bits per heavy atom. The number of aryl methyl sites for hydroxylation is 2. The number of anilines is 2. The van der Waals surface area contributed by atoms with Crippen molar-refractivity contribution in [1.82, 2.24) is 0 Å². The summed E-state index contributed by atoms with van der Waals surface area (Å²) in [6, 6.07) is 11.8. The highest BCUT2D eigenvalue weighted by Gasteiger charge is 2.42. The van der Waals surface area contributed by atoms with E-state index in [1.807, 2.05) is 32.0 Å². The molecule has 3 aromatic carbocycles. The van der Waals surface area contributed by atoms with Crippen molar-refractivity contribution < 1.29 is 14.4 Å². The Hall–Kier alpha value is -2.57. The number of halogens is 4. The van der Waals surface area contributed by atoms with Crippen LogP contribution >= 0.6 is 46.4 Å². The zero-order valence-corrected chi connectivity index (χ0v) is 19.7. The van der Waals surface area contributed by atoms with Gasteiger partial charge in [0.1, 0.15) is 0 Å². The minimum absolute atomic E-state index is 0.110. The second-order valence-corrected chi connectivity index (χ2v) is 8.84. The summed E-state index contributed by atoms with van der Waals surface area (Å²) in [6.45, 7) is 3.86. The Morgan fingerprint density at radius 2 is 1.31 bits per heavy atom. The van der Waals surface area contributed by atoms with Crippen LogP contribution in [0.15, 0.2) is 42.5 Å². The van der Waals surface area contributed by atoms with Crippen molar-refractivity contribution in [2.75, 3.05) is 10.2 Å². The van der Waals surface area contributed by atoms with E-state index < -0.39 is 17.7 Å². The van der Waals surface area contributed by atoms with Crippen LogP contribution in [0, 0.1) is 13.8 Å². The molecule has 0 atom stereocenters. The lowest BCUT2D eigenvalue weighted by molar-refractivity contribution is 0.0924. The molecule has 0 aromatic heterocycles. The number of hydrogen-bond acceptors (Lipinski definition) is 3. The van der Waals surface area contributed by atoms with Gasteiger partial charge in [-0.05, 0) is 55.3 Å². The number of fused-ring (bicyclic) bond motifs is 1. The minimum Gasteiger partial charge on any atom is -0.322 e. The summed E-state index contributed by atoms with van der Waals surface area (Å²) in [5.74, 6) is -1.81. The van der Waals surface area contributed by atoms with Crippen LogP contribution in [-0.2, 0) is 0 Å². The number of benzene rings is 3. The molecule has 0 spiro atoms. The second-order valence-electron chi connectivity index (χ2n) is 7.33. The molecule has 1 heterocycles. The van der Waals surface area contributed by atoms with Gasteiger partial charge in [-0.2, -0.15) is 0 Å². The van der Waals surface area contributed by atoms with E-state index in [1.165, 1.54) is 12.1 Å². The van der Waals surface area contributed by atoms with Crippen LogP contribution in [0.4, 0.5) is 11.4 Å². The normalized spacial score (nSPS) is 12.9. The Labute approximate surface area is 203 Å². The Bertz CT molecular complexity index is 1270. The molecule has 4 rings (SSSR count). The number of amides is 3. The number of imide groups is 1. The monoisotopic (exact) mass is 506 g/mol. The summed E-state index contributed by atoms with van der Waals surface area (Å²) in [5, 5.41) is 2.30. The molecular weight excluding hydrogens is 494 g/mol. The Morgan fingerprint density at radius 1 is 0.781 bits per heavy atom. The van der Waals surface area contributed by atoms with Crippen LogP contribution in [0.1, 0.15) is 42.2 Å². The van der Waals surface area contributed by atoms with Crippen LogP contribution in [0.25, 0.3) is 0 Å². The molecule has 3 amide bonds. The average Bonchev–Trinajstić information content (AvgIpc) is 3.00. The molecule has 1 aliphatic heterocycles. The van der Waals surface area contributed by atoms with E-state index in [0.29, 0.717) is 5.69 Å². The van der Waals surface area contributed by atoms with Gasteiger partial charge in [0.05, 0.1) is 36.9 Å². The highest BCUT2D eigenvalue weighted by atomic mass is 35.5. The largest absolute Gasteiger partial charge is 0.322 e.